The lowest BCUT2D eigenvalue weighted by Gasteiger charge is -2.34. The Labute approximate surface area is 121 Å². The largest absolute Gasteiger partial charge is 0.342 e. The summed E-state index contributed by atoms with van der Waals surface area (Å²) in [5.74, 6) is 0.825. The predicted octanol–water partition coefficient (Wildman–Crippen LogP) is 1.21. The molecule has 2 heterocycles. The molecule has 0 bridgehead atoms. The zero-order chi connectivity index (χ0) is 13.5. The van der Waals surface area contributed by atoms with Crippen LogP contribution in [0.3, 0.4) is 0 Å². The van der Waals surface area contributed by atoms with Crippen molar-refractivity contribution in [3.05, 3.63) is 0 Å². The van der Waals surface area contributed by atoms with Crippen LogP contribution >= 0.6 is 0 Å². The normalized spacial score (nSPS) is 32.8. The third kappa shape index (κ3) is 2.86. The molecule has 0 aromatic heterocycles. The highest BCUT2D eigenvalue weighted by Gasteiger charge is 2.37. The number of amides is 1. The van der Waals surface area contributed by atoms with E-state index in [4.69, 9.17) is 0 Å². The van der Waals surface area contributed by atoms with Gasteiger partial charge in [-0.25, -0.2) is 0 Å². The highest BCUT2D eigenvalue weighted by Crippen LogP contribution is 2.32. The summed E-state index contributed by atoms with van der Waals surface area (Å²) in [5, 5.41) is 3.86. The van der Waals surface area contributed by atoms with E-state index in [2.05, 4.69) is 15.1 Å². The van der Waals surface area contributed by atoms with Crippen molar-refractivity contribution in [3.8, 4) is 0 Å². The third-order valence-corrected chi connectivity index (χ3v) is 5.49. The van der Waals surface area contributed by atoms with Crippen molar-refractivity contribution in [2.24, 2.45) is 5.92 Å². The van der Waals surface area contributed by atoms with Crippen LogP contribution in [0.4, 0.5) is 0 Å². The van der Waals surface area contributed by atoms with Crippen LogP contribution in [0.15, 0.2) is 0 Å². The topological polar surface area (TPSA) is 35.6 Å². The smallest absolute Gasteiger partial charge is 0.225 e. The molecule has 112 valence electrons. The lowest BCUT2D eigenvalue weighted by atomic mass is 10.0. The Balaban J connectivity index is 1.20. The number of likely N-dealkylation sites (tertiary alicyclic amines) is 2. The molecule has 4 fully saturated rings. The van der Waals surface area contributed by atoms with Crippen LogP contribution in [0, 0.1) is 5.92 Å². The van der Waals surface area contributed by atoms with Crippen LogP contribution < -0.4 is 5.32 Å². The number of carbonyl (C=O) groups excluding carboxylic acids is 1. The van der Waals surface area contributed by atoms with Gasteiger partial charge in [-0.3, -0.25) is 9.69 Å². The number of hydrogen-bond donors (Lipinski definition) is 1. The number of carbonyl (C=O) groups is 1. The van der Waals surface area contributed by atoms with E-state index in [1.165, 1.54) is 32.4 Å². The molecule has 0 radical (unpaired) electrons. The fourth-order valence-corrected chi connectivity index (χ4v) is 3.88. The maximum Gasteiger partial charge on any atom is 0.225 e. The number of nitrogens with one attached hydrogen (secondary N) is 1. The Kier molecular flexibility index (Phi) is 3.47. The summed E-state index contributed by atoms with van der Waals surface area (Å²) in [6.07, 6.45) is 8.74. The second kappa shape index (κ2) is 5.30. The molecule has 4 aliphatic rings. The molecular formula is C16H27N3O. The minimum atomic E-state index is 0.390. The molecule has 2 saturated heterocycles. The second-order valence-electron chi connectivity index (χ2n) is 7.25. The molecular weight excluding hydrogens is 250 g/mol. The Morgan fingerprint density at radius 1 is 0.850 bits per heavy atom. The van der Waals surface area contributed by atoms with Gasteiger partial charge in [0.2, 0.25) is 5.91 Å². The lowest BCUT2D eigenvalue weighted by molar-refractivity contribution is -0.133. The standard InChI is InChI=1S/C16H27N3O/c20-16(12-1-2-12)18-8-5-13(6-9-18)17-14-7-10-19(11-14)15-3-4-15/h12-15,17H,1-11H2. The van der Waals surface area contributed by atoms with Crippen LogP contribution in [-0.4, -0.2) is 60.0 Å². The van der Waals surface area contributed by atoms with E-state index in [-0.39, 0.29) is 0 Å². The molecule has 4 rings (SSSR count). The van der Waals surface area contributed by atoms with Crippen molar-refractivity contribution in [2.45, 2.75) is 63.1 Å². The van der Waals surface area contributed by atoms with Crippen molar-refractivity contribution in [2.75, 3.05) is 26.2 Å². The molecule has 1 N–H and O–H groups in total. The molecule has 0 aromatic rings. The number of nitrogens with zero attached hydrogens (tertiary/aromatic N) is 2. The molecule has 0 aromatic carbocycles. The molecule has 1 atom stereocenters. The molecule has 1 amide bonds. The summed E-state index contributed by atoms with van der Waals surface area (Å²) in [7, 11) is 0. The van der Waals surface area contributed by atoms with E-state index < -0.39 is 0 Å². The summed E-state index contributed by atoms with van der Waals surface area (Å²) < 4.78 is 0. The predicted molar refractivity (Wildman–Crippen MR) is 78.5 cm³/mol. The summed E-state index contributed by atoms with van der Waals surface area (Å²) in [6, 6.07) is 2.26. The quantitative estimate of drug-likeness (QED) is 0.839. The first kappa shape index (κ1) is 13.1. The maximum absolute atomic E-state index is 12.0. The van der Waals surface area contributed by atoms with Gasteiger partial charge in [-0.2, -0.15) is 0 Å². The summed E-state index contributed by atoms with van der Waals surface area (Å²) in [6.45, 7) is 4.51. The van der Waals surface area contributed by atoms with Gasteiger partial charge in [-0.1, -0.05) is 0 Å². The van der Waals surface area contributed by atoms with Crippen molar-refractivity contribution < 1.29 is 4.79 Å². The minimum absolute atomic E-state index is 0.390. The highest BCUT2D eigenvalue weighted by atomic mass is 16.2. The van der Waals surface area contributed by atoms with E-state index in [1.807, 2.05) is 0 Å². The van der Waals surface area contributed by atoms with Crippen LogP contribution in [0.1, 0.15) is 44.9 Å². The van der Waals surface area contributed by atoms with Gasteiger partial charge in [-0.05, 0) is 44.9 Å². The van der Waals surface area contributed by atoms with Crippen LogP contribution in [0.25, 0.3) is 0 Å². The first-order valence-corrected chi connectivity index (χ1v) is 8.58. The Morgan fingerprint density at radius 3 is 2.20 bits per heavy atom. The molecule has 2 saturated carbocycles. The molecule has 1 unspecified atom stereocenters. The number of piperidine rings is 1. The van der Waals surface area contributed by atoms with E-state index in [0.29, 0.717) is 23.9 Å². The van der Waals surface area contributed by atoms with Gasteiger partial charge < -0.3 is 10.2 Å². The lowest BCUT2D eigenvalue weighted by Crippen LogP contribution is -2.48. The van der Waals surface area contributed by atoms with Crippen LogP contribution in [0.2, 0.25) is 0 Å². The van der Waals surface area contributed by atoms with Crippen molar-refractivity contribution in [3.63, 3.8) is 0 Å². The Hall–Kier alpha value is -0.610. The van der Waals surface area contributed by atoms with Gasteiger partial charge in [-0.15, -0.1) is 0 Å². The Morgan fingerprint density at radius 2 is 1.55 bits per heavy atom. The molecule has 2 aliphatic carbocycles. The monoisotopic (exact) mass is 277 g/mol. The van der Waals surface area contributed by atoms with Crippen molar-refractivity contribution >= 4 is 5.91 Å². The molecule has 4 nitrogen and oxygen atoms in total. The van der Waals surface area contributed by atoms with Gasteiger partial charge in [0.05, 0.1) is 0 Å². The fourth-order valence-electron chi connectivity index (χ4n) is 3.88. The van der Waals surface area contributed by atoms with E-state index in [9.17, 15) is 4.79 Å². The minimum Gasteiger partial charge on any atom is -0.342 e. The average Bonchev–Trinajstić information content (AvgIpc) is 3.38. The second-order valence-corrected chi connectivity index (χ2v) is 7.25. The highest BCUT2D eigenvalue weighted by molar-refractivity contribution is 5.81. The summed E-state index contributed by atoms with van der Waals surface area (Å²) in [4.78, 5) is 16.8. The van der Waals surface area contributed by atoms with Crippen LogP contribution in [-0.2, 0) is 4.79 Å². The van der Waals surface area contributed by atoms with Gasteiger partial charge >= 0.3 is 0 Å². The zero-order valence-corrected chi connectivity index (χ0v) is 12.4. The van der Waals surface area contributed by atoms with E-state index in [1.54, 1.807) is 0 Å². The number of rotatable bonds is 4. The average molecular weight is 277 g/mol. The number of hydrogen-bond acceptors (Lipinski definition) is 3. The molecule has 2 aliphatic heterocycles. The zero-order valence-electron chi connectivity index (χ0n) is 12.4. The summed E-state index contributed by atoms with van der Waals surface area (Å²) >= 11 is 0. The third-order valence-electron chi connectivity index (χ3n) is 5.49. The maximum atomic E-state index is 12.0. The van der Waals surface area contributed by atoms with Gasteiger partial charge in [0, 0.05) is 50.2 Å². The van der Waals surface area contributed by atoms with Crippen LogP contribution in [0.5, 0.6) is 0 Å². The van der Waals surface area contributed by atoms with Crippen molar-refractivity contribution in [1.29, 1.82) is 0 Å². The molecule has 20 heavy (non-hydrogen) atoms. The van der Waals surface area contributed by atoms with Gasteiger partial charge in [0.15, 0.2) is 0 Å². The van der Waals surface area contributed by atoms with E-state index >= 15 is 0 Å². The Bertz CT molecular complexity index is 370. The molecule has 0 spiro atoms. The van der Waals surface area contributed by atoms with Crippen molar-refractivity contribution in [1.82, 2.24) is 15.1 Å². The van der Waals surface area contributed by atoms with Gasteiger partial charge in [0.25, 0.3) is 0 Å². The van der Waals surface area contributed by atoms with Gasteiger partial charge in [0.1, 0.15) is 0 Å². The molecule has 4 heteroatoms. The van der Waals surface area contributed by atoms with E-state index in [0.717, 1.165) is 44.8 Å². The first-order chi connectivity index (χ1) is 9.79. The SMILES string of the molecule is O=C(C1CC1)N1CCC(NC2CCN(C3CC3)C2)CC1. The first-order valence-electron chi connectivity index (χ1n) is 8.58. The fraction of sp³-hybridized carbons (Fsp3) is 0.938. The summed E-state index contributed by atoms with van der Waals surface area (Å²) in [5.41, 5.74) is 0.